The topological polar surface area (TPSA) is 60.2 Å². The number of aromatic nitrogens is 1. The number of pyridine rings is 1. The number of hydrogen-bond acceptors (Lipinski definition) is 4. The third-order valence-electron chi connectivity index (χ3n) is 2.88. The Bertz CT molecular complexity index is 363. The van der Waals surface area contributed by atoms with Gasteiger partial charge >= 0.3 is 0 Å². The minimum atomic E-state index is 0.477. The van der Waals surface area contributed by atoms with E-state index in [1.165, 1.54) is 12.8 Å². The summed E-state index contributed by atoms with van der Waals surface area (Å²) in [7, 11) is 0. The molecule has 4 heteroatoms. The maximum absolute atomic E-state index is 5.76. The van der Waals surface area contributed by atoms with Gasteiger partial charge in [-0.25, -0.2) is 0 Å². The number of anilines is 2. The van der Waals surface area contributed by atoms with E-state index in [9.17, 15) is 0 Å². The van der Waals surface area contributed by atoms with Gasteiger partial charge in [0.05, 0.1) is 12.3 Å². The fourth-order valence-electron chi connectivity index (χ4n) is 1.73. The SMILES string of the molecule is CCOc1nc(NC(C)C2CC2)ccc1N. The van der Waals surface area contributed by atoms with Crippen molar-refractivity contribution in [3.05, 3.63) is 12.1 Å². The quantitative estimate of drug-likeness (QED) is 0.800. The van der Waals surface area contributed by atoms with Crippen molar-refractivity contribution in [2.75, 3.05) is 17.7 Å². The van der Waals surface area contributed by atoms with Gasteiger partial charge in [0, 0.05) is 6.04 Å². The van der Waals surface area contributed by atoms with Crippen LogP contribution in [0.25, 0.3) is 0 Å². The van der Waals surface area contributed by atoms with Crippen molar-refractivity contribution in [2.45, 2.75) is 32.7 Å². The van der Waals surface area contributed by atoms with E-state index in [1.54, 1.807) is 0 Å². The minimum Gasteiger partial charge on any atom is -0.476 e. The van der Waals surface area contributed by atoms with E-state index in [4.69, 9.17) is 10.5 Å². The zero-order valence-corrected chi connectivity index (χ0v) is 9.86. The largest absolute Gasteiger partial charge is 0.476 e. The summed E-state index contributed by atoms with van der Waals surface area (Å²) in [6.07, 6.45) is 2.64. The Morgan fingerprint density at radius 2 is 2.31 bits per heavy atom. The van der Waals surface area contributed by atoms with Gasteiger partial charge in [-0.1, -0.05) is 0 Å². The van der Waals surface area contributed by atoms with Crippen molar-refractivity contribution in [3.8, 4) is 5.88 Å². The summed E-state index contributed by atoms with van der Waals surface area (Å²) in [6.45, 7) is 4.70. The van der Waals surface area contributed by atoms with E-state index in [-0.39, 0.29) is 0 Å². The first-order chi connectivity index (χ1) is 7.70. The van der Waals surface area contributed by atoms with E-state index in [2.05, 4.69) is 17.2 Å². The highest BCUT2D eigenvalue weighted by Gasteiger charge is 2.28. The average molecular weight is 221 g/mol. The van der Waals surface area contributed by atoms with Gasteiger partial charge in [0.25, 0.3) is 0 Å². The summed E-state index contributed by atoms with van der Waals surface area (Å²) in [5.41, 5.74) is 6.35. The fraction of sp³-hybridized carbons (Fsp3) is 0.583. The second kappa shape index (κ2) is 4.60. The average Bonchev–Trinajstić information content (AvgIpc) is 3.07. The van der Waals surface area contributed by atoms with E-state index in [0.717, 1.165) is 11.7 Å². The lowest BCUT2D eigenvalue weighted by molar-refractivity contribution is 0.329. The van der Waals surface area contributed by atoms with Crippen LogP contribution in [0.1, 0.15) is 26.7 Å². The first-order valence-electron chi connectivity index (χ1n) is 5.86. The standard InChI is InChI=1S/C12H19N3O/c1-3-16-12-10(13)6-7-11(15-12)14-8(2)9-4-5-9/h6-9H,3-5,13H2,1-2H3,(H,14,15). The van der Waals surface area contributed by atoms with Crippen LogP contribution in [0.15, 0.2) is 12.1 Å². The minimum absolute atomic E-state index is 0.477. The van der Waals surface area contributed by atoms with Crippen molar-refractivity contribution in [1.29, 1.82) is 0 Å². The number of ether oxygens (including phenoxy) is 1. The lowest BCUT2D eigenvalue weighted by Crippen LogP contribution is -2.18. The van der Waals surface area contributed by atoms with Gasteiger partial charge in [-0.2, -0.15) is 4.98 Å². The number of nitrogens with one attached hydrogen (secondary N) is 1. The molecule has 0 spiro atoms. The molecule has 1 unspecified atom stereocenters. The van der Waals surface area contributed by atoms with Crippen LogP contribution >= 0.6 is 0 Å². The van der Waals surface area contributed by atoms with Crippen LogP contribution < -0.4 is 15.8 Å². The van der Waals surface area contributed by atoms with Gasteiger partial charge in [-0.15, -0.1) is 0 Å². The number of nitrogen functional groups attached to an aromatic ring is 1. The molecule has 1 aromatic rings. The molecule has 0 saturated heterocycles. The molecule has 0 bridgehead atoms. The summed E-state index contributed by atoms with van der Waals surface area (Å²) >= 11 is 0. The monoisotopic (exact) mass is 221 g/mol. The molecule has 2 rings (SSSR count). The Morgan fingerprint density at radius 1 is 1.56 bits per heavy atom. The maximum atomic E-state index is 5.76. The Labute approximate surface area is 96.2 Å². The van der Waals surface area contributed by atoms with Crippen LogP contribution in [0.2, 0.25) is 0 Å². The van der Waals surface area contributed by atoms with Crippen LogP contribution in [0, 0.1) is 5.92 Å². The lowest BCUT2D eigenvalue weighted by Gasteiger charge is -2.14. The van der Waals surface area contributed by atoms with Crippen LogP contribution in [0.3, 0.4) is 0 Å². The summed E-state index contributed by atoms with van der Waals surface area (Å²) < 4.78 is 5.36. The molecule has 0 aromatic carbocycles. The molecule has 88 valence electrons. The highest BCUT2D eigenvalue weighted by atomic mass is 16.5. The van der Waals surface area contributed by atoms with Gasteiger partial charge in [0.15, 0.2) is 0 Å². The molecule has 0 amide bonds. The normalized spacial score (nSPS) is 16.9. The molecular weight excluding hydrogens is 202 g/mol. The van der Waals surface area contributed by atoms with E-state index >= 15 is 0 Å². The number of rotatable bonds is 5. The summed E-state index contributed by atoms with van der Waals surface area (Å²) in [6, 6.07) is 4.21. The van der Waals surface area contributed by atoms with Gasteiger partial charge in [-0.3, -0.25) is 0 Å². The number of nitrogens with zero attached hydrogens (tertiary/aromatic N) is 1. The highest BCUT2D eigenvalue weighted by Crippen LogP contribution is 2.34. The van der Waals surface area contributed by atoms with Gasteiger partial charge < -0.3 is 15.8 Å². The zero-order valence-electron chi connectivity index (χ0n) is 9.86. The smallest absolute Gasteiger partial charge is 0.239 e. The third-order valence-corrected chi connectivity index (χ3v) is 2.88. The second-order valence-electron chi connectivity index (χ2n) is 4.29. The molecule has 1 aliphatic carbocycles. The maximum Gasteiger partial charge on any atom is 0.239 e. The molecule has 3 N–H and O–H groups in total. The molecule has 1 fully saturated rings. The Balaban J connectivity index is 2.05. The van der Waals surface area contributed by atoms with E-state index in [0.29, 0.717) is 24.2 Å². The first-order valence-corrected chi connectivity index (χ1v) is 5.86. The summed E-state index contributed by atoms with van der Waals surface area (Å²) in [4.78, 5) is 4.35. The number of hydrogen-bond donors (Lipinski definition) is 2. The molecule has 1 saturated carbocycles. The molecule has 1 aromatic heterocycles. The second-order valence-corrected chi connectivity index (χ2v) is 4.29. The molecular formula is C12H19N3O. The van der Waals surface area contributed by atoms with Crippen LogP contribution in [0.4, 0.5) is 11.5 Å². The first kappa shape index (κ1) is 11.0. The number of nitrogens with two attached hydrogens (primary N) is 1. The van der Waals surface area contributed by atoms with Crippen LogP contribution in [0.5, 0.6) is 5.88 Å². The van der Waals surface area contributed by atoms with Gasteiger partial charge in [-0.05, 0) is 44.7 Å². The molecule has 0 aliphatic heterocycles. The predicted octanol–water partition coefficient (Wildman–Crippen LogP) is 2.27. The summed E-state index contributed by atoms with van der Waals surface area (Å²) in [5, 5.41) is 3.38. The molecule has 1 atom stereocenters. The molecule has 1 heterocycles. The molecule has 16 heavy (non-hydrogen) atoms. The highest BCUT2D eigenvalue weighted by molar-refractivity contribution is 5.53. The Morgan fingerprint density at radius 3 is 2.94 bits per heavy atom. The summed E-state index contributed by atoms with van der Waals surface area (Å²) in [5.74, 6) is 2.17. The van der Waals surface area contributed by atoms with E-state index < -0.39 is 0 Å². The van der Waals surface area contributed by atoms with Crippen molar-refractivity contribution < 1.29 is 4.74 Å². The molecule has 0 radical (unpaired) electrons. The van der Waals surface area contributed by atoms with Crippen molar-refractivity contribution in [1.82, 2.24) is 4.98 Å². The lowest BCUT2D eigenvalue weighted by atomic mass is 10.2. The zero-order chi connectivity index (χ0) is 11.5. The van der Waals surface area contributed by atoms with Crippen molar-refractivity contribution >= 4 is 11.5 Å². The predicted molar refractivity (Wildman–Crippen MR) is 65.6 cm³/mol. The Kier molecular flexibility index (Phi) is 3.17. The molecule has 1 aliphatic rings. The van der Waals surface area contributed by atoms with Crippen LogP contribution in [-0.4, -0.2) is 17.6 Å². The van der Waals surface area contributed by atoms with Gasteiger partial charge in [0.1, 0.15) is 5.82 Å². The van der Waals surface area contributed by atoms with E-state index in [1.807, 2.05) is 19.1 Å². The van der Waals surface area contributed by atoms with Crippen LogP contribution in [-0.2, 0) is 0 Å². The van der Waals surface area contributed by atoms with Crippen molar-refractivity contribution in [3.63, 3.8) is 0 Å². The molecule has 4 nitrogen and oxygen atoms in total. The Hall–Kier alpha value is -1.45. The fourth-order valence-corrected chi connectivity index (χ4v) is 1.73. The van der Waals surface area contributed by atoms with Gasteiger partial charge in [0.2, 0.25) is 5.88 Å². The third kappa shape index (κ3) is 2.56. The van der Waals surface area contributed by atoms with Crippen molar-refractivity contribution in [2.24, 2.45) is 5.92 Å².